The van der Waals surface area contributed by atoms with Crippen molar-refractivity contribution in [3.05, 3.63) is 0 Å². The van der Waals surface area contributed by atoms with E-state index in [0.717, 1.165) is 37.9 Å². The Balaban J connectivity index is 2.12. The number of nitrogens with one attached hydrogen (secondary N) is 2. The lowest BCUT2D eigenvalue weighted by molar-refractivity contribution is 0.192. The number of guanidine groups is 1. The molecule has 0 spiro atoms. The minimum absolute atomic E-state index is 0.921. The first-order valence-corrected chi connectivity index (χ1v) is 10.4. The Hall–Kier alpha value is -0.420. The number of rotatable bonds is 10. The van der Waals surface area contributed by atoms with Gasteiger partial charge in [-0.05, 0) is 76.6 Å². The molecule has 1 heterocycles. The van der Waals surface area contributed by atoms with E-state index in [1.54, 1.807) is 0 Å². The molecule has 5 heteroatoms. The lowest BCUT2D eigenvalue weighted by Crippen LogP contribution is -2.38. The summed E-state index contributed by atoms with van der Waals surface area (Å²) in [6.45, 7) is 11.1. The quantitative estimate of drug-likeness (QED) is 0.367. The summed E-state index contributed by atoms with van der Waals surface area (Å²) in [5.74, 6) is 3.16. The van der Waals surface area contributed by atoms with Crippen LogP contribution in [0.15, 0.2) is 4.99 Å². The van der Waals surface area contributed by atoms with Crippen LogP contribution in [-0.4, -0.2) is 62.1 Å². The Bertz CT molecular complexity index is 288. The molecule has 0 aromatic heterocycles. The Morgan fingerprint density at radius 3 is 2.64 bits per heavy atom. The molecule has 0 radical (unpaired) electrons. The molecule has 1 aliphatic heterocycles. The van der Waals surface area contributed by atoms with E-state index in [9.17, 15) is 0 Å². The second-order valence-corrected chi connectivity index (χ2v) is 7.25. The maximum Gasteiger partial charge on any atom is 0.191 e. The van der Waals surface area contributed by atoms with E-state index in [-0.39, 0.29) is 0 Å². The van der Waals surface area contributed by atoms with Gasteiger partial charge in [0.05, 0.1) is 0 Å². The van der Waals surface area contributed by atoms with Crippen LogP contribution in [-0.2, 0) is 0 Å². The third-order valence-electron chi connectivity index (χ3n) is 4.19. The SMILES string of the molecule is CCNC(=NCCCN1CCC(C)CC1)NCCCCSC. The number of unbranched alkanes of at least 4 members (excludes halogenated alkanes) is 1. The smallest absolute Gasteiger partial charge is 0.191 e. The number of hydrogen-bond acceptors (Lipinski definition) is 3. The summed E-state index contributed by atoms with van der Waals surface area (Å²) in [5.41, 5.74) is 0. The summed E-state index contributed by atoms with van der Waals surface area (Å²) in [4.78, 5) is 7.29. The largest absolute Gasteiger partial charge is 0.357 e. The molecule has 0 saturated carbocycles. The maximum absolute atomic E-state index is 4.69. The number of hydrogen-bond donors (Lipinski definition) is 2. The maximum atomic E-state index is 4.69. The zero-order valence-corrected chi connectivity index (χ0v) is 15.7. The molecule has 0 amide bonds. The van der Waals surface area contributed by atoms with E-state index in [1.807, 2.05) is 11.8 Å². The Labute approximate surface area is 141 Å². The molecule has 1 saturated heterocycles. The van der Waals surface area contributed by atoms with Gasteiger partial charge in [0, 0.05) is 19.6 Å². The highest BCUT2D eigenvalue weighted by atomic mass is 32.2. The number of thioether (sulfide) groups is 1. The zero-order valence-electron chi connectivity index (χ0n) is 14.9. The fourth-order valence-electron chi connectivity index (χ4n) is 2.69. The number of nitrogens with zero attached hydrogens (tertiary/aromatic N) is 2. The van der Waals surface area contributed by atoms with E-state index < -0.39 is 0 Å². The highest BCUT2D eigenvalue weighted by Crippen LogP contribution is 2.15. The Morgan fingerprint density at radius 1 is 1.18 bits per heavy atom. The molecule has 2 N–H and O–H groups in total. The molecule has 1 fully saturated rings. The van der Waals surface area contributed by atoms with Gasteiger partial charge in [0.25, 0.3) is 0 Å². The van der Waals surface area contributed by atoms with Crippen molar-refractivity contribution >= 4 is 17.7 Å². The summed E-state index contributed by atoms with van der Waals surface area (Å²) >= 11 is 1.92. The molecule has 22 heavy (non-hydrogen) atoms. The van der Waals surface area contributed by atoms with E-state index >= 15 is 0 Å². The molecule has 0 aromatic carbocycles. The van der Waals surface area contributed by atoms with E-state index in [0.29, 0.717) is 0 Å². The third kappa shape index (κ3) is 9.57. The summed E-state index contributed by atoms with van der Waals surface area (Å²) in [5, 5.41) is 6.78. The van der Waals surface area contributed by atoms with Gasteiger partial charge in [0.1, 0.15) is 0 Å². The van der Waals surface area contributed by atoms with Gasteiger partial charge in [-0.1, -0.05) is 6.92 Å². The average Bonchev–Trinajstić information content (AvgIpc) is 2.53. The number of piperidine rings is 1. The fraction of sp³-hybridized carbons (Fsp3) is 0.941. The first-order chi connectivity index (χ1) is 10.8. The molecule has 1 aliphatic rings. The minimum Gasteiger partial charge on any atom is -0.357 e. The molecule has 4 nitrogen and oxygen atoms in total. The molecular weight excluding hydrogens is 292 g/mol. The molecule has 1 rings (SSSR count). The zero-order chi connectivity index (χ0) is 16.0. The van der Waals surface area contributed by atoms with Crippen LogP contribution in [0.5, 0.6) is 0 Å². The molecule has 0 unspecified atom stereocenters. The standard InChI is InChI=1S/C17H36N4S/c1-4-18-17(19-10-5-6-15-22-3)20-11-7-12-21-13-8-16(2)9-14-21/h16H,4-15H2,1-3H3,(H2,18,19,20). The van der Waals surface area contributed by atoms with Crippen molar-refractivity contribution in [3.63, 3.8) is 0 Å². The highest BCUT2D eigenvalue weighted by Gasteiger charge is 2.14. The third-order valence-corrected chi connectivity index (χ3v) is 4.89. The van der Waals surface area contributed by atoms with Crippen LogP contribution in [0.25, 0.3) is 0 Å². The van der Waals surface area contributed by atoms with Crippen LogP contribution >= 0.6 is 11.8 Å². The van der Waals surface area contributed by atoms with Crippen molar-refractivity contribution in [2.24, 2.45) is 10.9 Å². The van der Waals surface area contributed by atoms with Crippen molar-refractivity contribution in [2.75, 3.05) is 51.3 Å². The van der Waals surface area contributed by atoms with Gasteiger partial charge < -0.3 is 15.5 Å². The molecule has 0 aromatic rings. The van der Waals surface area contributed by atoms with Crippen molar-refractivity contribution in [1.29, 1.82) is 0 Å². The molecule has 0 aliphatic carbocycles. The summed E-state index contributed by atoms with van der Waals surface area (Å²) in [6, 6.07) is 0. The van der Waals surface area contributed by atoms with E-state index in [2.05, 4.69) is 35.6 Å². The second kappa shape index (κ2) is 13.1. The highest BCUT2D eigenvalue weighted by molar-refractivity contribution is 7.98. The summed E-state index contributed by atoms with van der Waals surface area (Å²) < 4.78 is 0. The predicted molar refractivity (Wildman–Crippen MR) is 101 cm³/mol. The average molecular weight is 329 g/mol. The molecular formula is C17H36N4S. The Morgan fingerprint density at radius 2 is 1.95 bits per heavy atom. The predicted octanol–water partition coefficient (Wildman–Crippen LogP) is 2.81. The van der Waals surface area contributed by atoms with Crippen LogP contribution < -0.4 is 10.6 Å². The second-order valence-electron chi connectivity index (χ2n) is 6.27. The number of likely N-dealkylation sites (tertiary alicyclic amines) is 1. The molecule has 0 atom stereocenters. The molecule has 0 bridgehead atoms. The fourth-order valence-corrected chi connectivity index (χ4v) is 3.18. The first kappa shape index (κ1) is 19.6. The van der Waals surface area contributed by atoms with Gasteiger partial charge >= 0.3 is 0 Å². The minimum atomic E-state index is 0.921. The van der Waals surface area contributed by atoms with Gasteiger partial charge in [-0.2, -0.15) is 11.8 Å². The van der Waals surface area contributed by atoms with E-state index in [1.165, 1.54) is 51.1 Å². The first-order valence-electron chi connectivity index (χ1n) is 8.99. The van der Waals surface area contributed by atoms with Crippen LogP contribution in [0, 0.1) is 5.92 Å². The van der Waals surface area contributed by atoms with Crippen LogP contribution in [0.1, 0.15) is 46.0 Å². The van der Waals surface area contributed by atoms with Gasteiger partial charge in [-0.15, -0.1) is 0 Å². The normalized spacial score (nSPS) is 17.7. The molecule has 130 valence electrons. The summed E-state index contributed by atoms with van der Waals surface area (Å²) in [7, 11) is 0. The van der Waals surface area contributed by atoms with E-state index in [4.69, 9.17) is 4.99 Å². The van der Waals surface area contributed by atoms with Crippen LogP contribution in [0.3, 0.4) is 0 Å². The van der Waals surface area contributed by atoms with Gasteiger partial charge in [-0.3, -0.25) is 4.99 Å². The lowest BCUT2D eigenvalue weighted by atomic mass is 9.99. The number of aliphatic imine (C=N–C) groups is 1. The summed E-state index contributed by atoms with van der Waals surface area (Å²) in [6.07, 6.45) is 8.56. The van der Waals surface area contributed by atoms with Crippen molar-refractivity contribution in [1.82, 2.24) is 15.5 Å². The topological polar surface area (TPSA) is 39.7 Å². The Kier molecular flexibility index (Phi) is 11.6. The lowest BCUT2D eigenvalue weighted by Gasteiger charge is -2.29. The van der Waals surface area contributed by atoms with Gasteiger partial charge in [0.2, 0.25) is 0 Å². The van der Waals surface area contributed by atoms with Gasteiger partial charge in [0.15, 0.2) is 5.96 Å². The monoisotopic (exact) mass is 328 g/mol. The van der Waals surface area contributed by atoms with Crippen molar-refractivity contribution in [2.45, 2.75) is 46.0 Å². The van der Waals surface area contributed by atoms with Crippen molar-refractivity contribution in [3.8, 4) is 0 Å². The van der Waals surface area contributed by atoms with Crippen LogP contribution in [0.2, 0.25) is 0 Å². The van der Waals surface area contributed by atoms with Crippen LogP contribution in [0.4, 0.5) is 0 Å². The van der Waals surface area contributed by atoms with Gasteiger partial charge in [-0.25, -0.2) is 0 Å². The van der Waals surface area contributed by atoms with Crippen molar-refractivity contribution < 1.29 is 0 Å².